The number of halogens is 1. The number of nitrogens with zero attached hydrogens (tertiary/aromatic N) is 1. The van der Waals surface area contributed by atoms with E-state index in [1.54, 1.807) is 25.1 Å². The van der Waals surface area contributed by atoms with Gasteiger partial charge in [-0.1, -0.05) is 36.7 Å². The van der Waals surface area contributed by atoms with Crippen molar-refractivity contribution in [1.82, 2.24) is 4.72 Å². The van der Waals surface area contributed by atoms with E-state index < -0.39 is 22.0 Å². The summed E-state index contributed by atoms with van der Waals surface area (Å²) in [5.41, 5.74) is 3.30. The van der Waals surface area contributed by atoms with Gasteiger partial charge in [-0.3, -0.25) is 4.79 Å². The SMILES string of the molecule is C[C@@H]1/C=C/C[C@H](O)[C@@H]2CC[C@H]2CN2CCCCc3cc(Cl)ccc3COc3ccc(cc32)C(=O)NS(=O)(=O)C1. The molecule has 5 rings (SSSR count). The number of aliphatic hydroxyl groups excluding tert-OH is 1. The van der Waals surface area contributed by atoms with Crippen LogP contribution in [0.15, 0.2) is 48.6 Å². The number of amides is 1. The number of nitrogens with one attached hydrogen (secondary N) is 1. The van der Waals surface area contributed by atoms with Crippen LogP contribution in [-0.2, 0) is 23.1 Å². The number of aliphatic hydroxyl groups is 1. The Labute approximate surface area is 236 Å². The molecule has 2 aromatic carbocycles. The fourth-order valence-corrected chi connectivity index (χ4v) is 7.44. The fourth-order valence-electron chi connectivity index (χ4n) is 5.96. The second-order valence-corrected chi connectivity index (χ2v) is 13.4. The second-order valence-electron chi connectivity index (χ2n) is 11.2. The molecule has 0 radical (unpaired) electrons. The fraction of sp³-hybridized carbons (Fsp3) is 0.500. The lowest BCUT2D eigenvalue weighted by Crippen LogP contribution is -2.43. The van der Waals surface area contributed by atoms with E-state index in [9.17, 15) is 18.3 Å². The predicted octanol–water partition coefficient (Wildman–Crippen LogP) is 5.10. The third-order valence-corrected chi connectivity index (χ3v) is 9.93. The minimum atomic E-state index is -3.85. The predicted molar refractivity (Wildman–Crippen MR) is 154 cm³/mol. The van der Waals surface area contributed by atoms with Crippen LogP contribution in [-0.4, -0.2) is 44.4 Å². The Bertz CT molecular complexity index is 1340. The van der Waals surface area contributed by atoms with Crippen LogP contribution < -0.4 is 14.4 Å². The third kappa shape index (κ3) is 6.79. The summed E-state index contributed by atoms with van der Waals surface area (Å²) < 4.78 is 34.1. The third-order valence-electron chi connectivity index (χ3n) is 8.24. The topological polar surface area (TPSA) is 95.9 Å². The van der Waals surface area contributed by atoms with Gasteiger partial charge in [0.2, 0.25) is 10.0 Å². The minimum absolute atomic E-state index is 0.182. The first-order valence-corrected chi connectivity index (χ1v) is 15.9. The van der Waals surface area contributed by atoms with E-state index in [1.807, 2.05) is 30.4 Å². The highest BCUT2D eigenvalue weighted by molar-refractivity contribution is 7.90. The van der Waals surface area contributed by atoms with Gasteiger partial charge in [-0.25, -0.2) is 13.1 Å². The zero-order valence-electron chi connectivity index (χ0n) is 22.3. The number of hydrogen-bond donors (Lipinski definition) is 2. The maximum Gasteiger partial charge on any atom is 0.264 e. The van der Waals surface area contributed by atoms with Gasteiger partial charge in [-0.2, -0.15) is 0 Å². The maximum absolute atomic E-state index is 13.1. The molecule has 2 aromatic rings. The van der Waals surface area contributed by atoms with Crippen LogP contribution in [0.3, 0.4) is 0 Å². The molecular weight excluding hydrogens is 536 g/mol. The van der Waals surface area contributed by atoms with Crippen LogP contribution >= 0.6 is 11.6 Å². The summed E-state index contributed by atoms with van der Waals surface area (Å²) >= 11 is 6.28. The number of anilines is 1. The number of carbonyl (C=O) groups is 1. The molecule has 9 heteroatoms. The molecule has 1 saturated carbocycles. The van der Waals surface area contributed by atoms with E-state index in [-0.39, 0.29) is 23.2 Å². The van der Waals surface area contributed by atoms with E-state index in [0.29, 0.717) is 29.7 Å². The largest absolute Gasteiger partial charge is 0.487 e. The first-order chi connectivity index (χ1) is 18.7. The number of hydrogen-bond acceptors (Lipinski definition) is 6. The van der Waals surface area contributed by atoms with Crippen LogP contribution in [0.4, 0.5) is 5.69 Å². The molecule has 1 amide bonds. The van der Waals surface area contributed by atoms with Crippen molar-refractivity contribution < 1.29 is 23.1 Å². The highest BCUT2D eigenvalue weighted by atomic mass is 35.5. The van der Waals surface area contributed by atoms with E-state index >= 15 is 0 Å². The average Bonchev–Trinajstić information content (AvgIpc) is 2.88. The number of aryl methyl sites for hydroxylation is 1. The number of benzene rings is 2. The molecule has 1 aliphatic carbocycles. The molecule has 7 nitrogen and oxygen atoms in total. The molecule has 39 heavy (non-hydrogen) atoms. The van der Waals surface area contributed by atoms with Crippen molar-refractivity contribution in [2.75, 3.05) is 23.7 Å². The van der Waals surface area contributed by atoms with Gasteiger partial charge in [0.15, 0.2) is 0 Å². The average molecular weight is 573 g/mol. The smallest absolute Gasteiger partial charge is 0.264 e. The van der Waals surface area contributed by atoms with E-state index in [1.165, 1.54) is 5.56 Å². The number of allylic oxidation sites excluding steroid dienone is 1. The van der Waals surface area contributed by atoms with Crippen molar-refractivity contribution in [3.8, 4) is 5.75 Å². The summed E-state index contributed by atoms with van der Waals surface area (Å²) in [5, 5.41) is 11.7. The molecule has 0 spiro atoms. The number of sulfonamides is 1. The summed E-state index contributed by atoms with van der Waals surface area (Å²) in [7, 11) is -3.85. The Morgan fingerprint density at radius 1 is 1.10 bits per heavy atom. The molecule has 210 valence electrons. The Morgan fingerprint density at radius 3 is 2.74 bits per heavy atom. The molecule has 0 saturated heterocycles. The second kappa shape index (κ2) is 11.9. The quantitative estimate of drug-likeness (QED) is 0.426. The van der Waals surface area contributed by atoms with Crippen molar-refractivity contribution in [1.29, 1.82) is 0 Å². The maximum atomic E-state index is 13.1. The number of carbonyl (C=O) groups excluding carboxylic acids is 1. The summed E-state index contributed by atoms with van der Waals surface area (Å²) in [6, 6.07) is 11.0. The Hall–Kier alpha value is -2.55. The first-order valence-electron chi connectivity index (χ1n) is 13.9. The van der Waals surface area contributed by atoms with E-state index in [2.05, 4.69) is 9.62 Å². The standard InChI is InChI=1S/C30H37ClN2O5S/c1-20-5-4-7-28(34)26-12-9-23(26)17-33-14-3-2-6-21-15-25(31)11-8-24(21)18-38-29-13-10-22(16-27(29)33)30(35)32-39(36,37)19-20/h4-5,8,10-11,13,15-16,20,23,26,28,34H,2-3,6-7,9,12,14,17-19H2,1H3,(H,32,35)/b5-4+/t20-,23+,26-,28+/m1/s1. The van der Waals surface area contributed by atoms with Gasteiger partial charge in [-0.15, -0.1) is 0 Å². The number of rotatable bonds is 0. The van der Waals surface area contributed by atoms with Gasteiger partial charge >= 0.3 is 0 Å². The molecule has 2 heterocycles. The molecule has 1 fully saturated rings. The Balaban J connectivity index is 1.52. The molecule has 2 N–H and O–H groups in total. The first kappa shape index (κ1) is 28.0. The lowest BCUT2D eigenvalue weighted by molar-refractivity contribution is 0.0180. The van der Waals surface area contributed by atoms with Gasteiger partial charge in [0, 0.05) is 23.7 Å². The Morgan fingerprint density at radius 2 is 1.95 bits per heavy atom. The van der Waals surface area contributed by atoms with Gasteiger partial charge in [-0.05, 0) is 97.7 Å². The van der Waals surface area contributed by atoms with Crippen LogP contribution in [0.1, 0.15) is 60.5 Å². The molecule has 0 aromatic heterocycles. The summed E-state index contributed by atoms with van der Waals surface area (Å²) in [4.78, 5) is 15.4. The van der Waals surface area contributed by atoms with Gasteiger partial charge in [0.25, 0.3) is 5.91 Å². The van der Waals surface area contributed by atoms with E-state index in [4.69, 9.17) is 16.3 Å². The normalized spacial score (nSPS) is 28.4. The van der Waals surface area contributed by atoms with Crippen LogP contribution in [0.25, 0.3) is 0 Å². The summed E-state index contributed by atoms with van der Waals surface area (Å²) in [6.07, 6.45) is 8.51. The number of fused-ring (bicyclic) bond motifs is 3. The molecule has 0 unspecified atom stereocenters. The number of ether oxygens (including phenoxy) is 1. The van der Waals surface area contributed by atoms with Crippen molar-refractivity contribution >= 4 is 33.2 Å². The monoisotopic (exact) mass is 572 g/mol. The van der Waals surface area contributed by atoms with Crippen molar-refractivity contribution in [3.05, 3.63) is 70.3 Å². The molecule has 2 bridgehead atoms. The lowest BCUT2D eigenvalue weighted by Gasteiger charge is -2.43. The molecular formula is C30H37ClN2O5S. The van der Waals surface area contributed by atoms with Gasteiger partial charge in [0.05, 0.1) is 17.5 Å². The van der Waals surface area contributed by atoms with Crippen molar-refractivity contribution in [3.63, 3.8) is 0 Å². The van der Waals surface area contributed by atoms with E-state index in [0.717, 1.165) is 56.4 Å². The van der Waals surface area contributed by atoms with Crippen LogP contribution in [0.2, 0.25) is 5.02 Å². The Kier molecular flexibility index (Phi) is 8.55. The van der Waals surface area contributed by atoms with Crippen LogP contribution in [0.5, 0.6) is 5.75 Å². The lowest BCUT2D eigenvalue weighted by atomic mass is 9.69. The zero-order chi connectivity index (χ0) is 27.6. The van der Waals surface area contributed by atoms with Gasteiger partial charge < -0.3 is 14.7 Å². The molecule has 4 atom stereocenters. The minimum Gasteiger partial charge on any atom is -0.487 e. The van der Waals surface area contributed by atoms with Crippen molar-refractivity contribution in [2.24, 2.45) is 17.8 Å². The van der Waals surface area contributed by atoms with Gasteiger partial charge in [0.1, 0.15) is 12.4 Å². The highest BCUT2D eigenvalue weighted by Crippen LogP contribution is 2.41. The van der Waals surface area contributed by atoms with Crippen LogP contribution in [0, 0.1) is 17.8 Å². The highest BCUT2D eigenvalue weighted by Gasteiger charge is 2.37. The zero-order valence-corrected chi connectivity index (χ0v) is 23.9. The summed E-state index contributed by atoms with van der Waals surface area (Å²) in [5.74, 6) is 0.00823. The molecule has 2 aliphatic heterocycles. The molecule has 3 aliphatic rings. The summed E-state index contributed by atoms with van der Waals surface area (Å²) in [6.45, 7) is 3.65. The van der Waals surface area contributed by atoms with Crippen molar-refractivity contribution in [2.45, 2.75) is 58.2 Å².